The van der Waals surface area contributed by atoms with Crippen molar-refractivity contribution in [3.63, 3.8) is 0 Å². The minimum atomic E-state index is -4.40. The summed E-state index contributed by atoms with van der Waals surface area (Å²) in [5.41, 5.74) is 1.28. The molecule has 9 heteroatoms. The van der Waals surface area contributed by atoms with Crippen LogP contribution in [0.15, 0.2) is 34.1 Å². The van der Waals surface area contributed by atoms with Gasteiger partial charge in [0.15, 0.2) is 0 Å². The zero-order chi connectivity index (χ0) is 15.4. The highest BCUT2D eigenvalue weighted by Crippen LogP contribution is 2.31. The van der Waals surface area contributed by atoms with Gasteiger partial charge in [0.25, 0.3) is 20.2 Å². The summed E-state index contributed by atoms with van der Waals surface area (Å²) in [6, 6.07) is 5.08. The predicted octanol–water partition coefficient (Wildman–Crippen LogP) is 0.936. The molecule has 1 heterocycles. The summed E-state index contributed by atoms with van der Waals surface area (Å²) in [7, 11) is -8.81. The van der Waals surface area contributed by atoms with E-state index >= 15 is 0 Å². The van der Waals surface area contributed by atoms with Crippen LogP contribution >= 0.6 is 0 Å². The van der Waals surface area contributed by atoms with Gasteiger partial charge in [-0.25, -0.2) is 0 Å². The van der Waals surface area contributed by atoms with Gasteiger partial charge in [-0.1, -0.05) is 0 Å². The normalized spacial score (nSPS) is 15.3. The van der Waals surface area contributed by atoms with Gasteiger partial charge in [-0.2, -0.15) is 16.8 Å². The third-order valence-corrected chi connectivity index (χ3v) is 5.05. The molecule has 21 heavy (non-hydrogen) atoms. The molecule has 3 rings (SSSR count). The van der Waals surface area contributed by atoms with Crippen LogP contribution in [0.1, 0.15) is 11.1 Å². The number of benzene rings is 2. The second-order valence-corrected chi connectivity index (χ2v) is 7.66. The highest BCUT2D eigenvalue weighted by atomic mass is 32.2. The molecule has 0 saturated carbocycles. The van der Waals surface area contributed by atoms with E-state index in [0.29, 0.717) is 29.6 Å². The van der Waals surface area contributed by atoms with Gasteiger partial charge in [-0.15, -0.1) is 0 Å². The Morgan fingerprint density at radius 2 is 1.24 bits per heavy atom. The summed E-state index contributed by atoms with van der Waals surface area (Å²) < 4.78 is 63.5. The number of nitrogens with one attached hydrogen (secondary N) is 1. The first-order valence-electron chi connectivity index (χ1n) is 5.91. The maximum absolute atomic E-state index is 11.3. The number of hydrogen-bond acceptors (Lipinski definition) is 5. The summed E-state index contributed by atoms with van der Waals surface area (Å²) in [5, 5.41) is 4.08. The van der Waals surface area contributed by atoms with Crippen LogP contribution in [0, 0.1) is 0 Å². The van der Waals surface area contributed by atoms with Crippen molar-refractivity contribution < 1.29 is 25.9 Å². The van der Waals surface area contributed by atoms with Gasteiger partial charge in [0.2, 0.25) is 0 Å². The fourth-order valence-corrected chi connectivity index (χ4v) is 3.68. The summed E-state index contributed by atoms with van der Waals surface area (Å²) >= 11 is 0. The van der Waals surface area contributed by atoms with Gasteiger partial charge >= 0.3 is 0 Å². The average Bonchev–Trinajstić information content (AvgIpc) is 2.36. The van der Waals surface area contributed by atoms with E-state index in [0.717, 1.165) is 5.39 Å². The molecule has 0 bridgehead atoms. The molecular weight excluding hydrogens is 318 g/mol. The molecule has 112 valence electrons. The summed E-state index contributed by atoms with van der Waals surface area (Å²) in [6.45, 7) is 0.802. The highest BCUT2D eigenvalue weighted by Gasteiger charge is 2.21. The van der Waals surface area contributed by atoms with E-state index in [2.05, 4.69) is 5.32 Å². The third kappa shape index (κ3) is 2.54. The Hall–Kier alpha value is -1.52. The van der Waals surface area contributed by atoms with Crippen LogP contribution in [0.25, 0.3) is 10.8 Å². The van der Waals surface area contributed by atoms with Crippen molar-refractivity contribution in [2.75, 3.05) is 0 Å². The van der Waals surface area contributed by atoms with Crippen molar-refractivity contribution in [1.82, 2.24) is 5.32 Å². The zero-order valence-electron chi connectivity index (χ0n) is 10.6. The lowest BCUT2D eigenvalue weighted by atomic mass is 9.96. The van der Waals surface area contributed by atoms with E-state index < -0.39 is 20.2 Å². The number of hydrogen-bond donors (Lipinski definition) is 3. The molecule has 0 amide bonds. The summed E-state index contributed by atoms with van der Waals surface area (Å²) in [5.74, 6) is 0. The van der Waals surface area contributed by atoms with Crippen LogP contribution in [0.2, 0.25) is 0 Å². The molecule has 1 aliphatic rings. The largest absolute Gasteiger partial charge is 0.309 e. The third-order valence-electron chi connectivity index (χ3n) is 3.39. The van der Waals surface area contributed by atoms with Crippen molar-refractivity contribution in [3.8, 4) is 0 Å². The molecule has 3 N–H and O–H groups in total. The molecule has 2 aromatic rings. The predicted molar refractivity (Wildman–Crippen MR) is 74.1 cm³/mol. The van der Waals surface area contributed by atoms with E-state index in [1.807, 2.05) is 0 Å². The summed E-state index contributed by atoms with van der Waals surface area (Å²) in [4.78, 5) is -0.626. The van der Waals surface area contributed by atoms with Crippen molar-refractivity contribution >= 4 is 31.0 Å². The van der Waals surface area contributed by atoms with Crippen LogP contribution in [-0.4, -0.2) is 25.9 Å². The first kappa shape index (κ1) is 14.4. The molecule has 0 radical (unpaired) electrons. The smallest absolute Gasteiger partial charge is 0.294 e. The van der Waals surface area contributed by atoms with Gasteiger partial charge in [0, 0.05) is 13.1 Å². The Morgan fingerprint density at radius 3 is 1.62 bits per heavy atom. The topological polar surface area (TPSA) is 121 Å². The molecule has 1 aliphatic heterocycles. The van der Waals surface area contributed by atoms with E-state index in [9.17, 15) is 16.8 Å². The molecule has 0 aromatic heterocycles. The molecule has 0 spiro atoms. The van der Waals surface area contributed by atoms with Crippen LogP contribution < -0.4 is 5.32 Å². The first-order valence-corrected chi connectivity index (χ1v) is 8.79. The Kier molecular flexibility index (Phi) is 3.08. The molecular formula is C12H11NO6S2. The Morgan fingerprint density at radius 1 is 0.810 bits per heavy atom. The van der Waals surface area contributed by atoms with Crippen molar-refractivity contribution in [2.24, 2.45) is 0 Å². The van der Waals surface area contributed by atoms with Crippen molar-refractivity contribution in [3.05, 3.63) is 35.4 Å². The van der Waals surface area contributed by atoms with E-state index in [1.165, 1.54) is 24.3 Å². The highest BCUT2D eigenvalue weighted by molar-refractivity contribution is 7.86. The van der Waals surface area contributed by atoms with Gasteiger partial charge < -0.3 is 5.32 Å². The minimum absolute atomic E-state index is 0.313. The van der Waals surface area contributed by atoms with Crippen LogP contribution in [-0.2, 0) is 33.3 Å². The first-order chi connectivity index (χ1) is 9.66. The fraction of sp³-hybridized carbons (Fsp3) is 0.167. The molecule has 2 aromatic carbocycles. The number of rotatable bonds is 2. The van der Waals surface area contributed by atoms with Crippen LogP contribution in [0.5, 0.6) is 0 Å². The standard InChI is InChI=1S/C12H11NO6S2/c14-20(15,16)10-1-7-2-11(21(17,18)19)4-9-6-13-5-8(3-10)12(7)9/h1-4,13H,5-6H2,(H,14,15,16)(H,17,18,19). The van der Waals surface area contributed by atoms with Gasteiger partial charge in [0.1, 0.15) is 0 Å². The molecule has 0 atom stereocenters. The van der Waals surface area contributed by atoms with Gasteiger partial charge in [-0.05, 0) is 46.2 Å². The fourth-order valence-electron chi connectivity index (χ4n) is 2.55. The maximum Gasteiger partial charge on any atom is 0.294 e. The van der Waals surface area contributed by atoms with Gasteiger partial charge in [0.05, 0.1) is 9.79 Å². The van der Waals surface area contributed by atoms with Crippen molar-refractivity contribution in [2.45, 2.75) is 22.9 Å². The average molecular weight is 329 g/mol. The van der Waals surface area contributed by atoms with Crippen LogP contribution in [0.3, 0.4) is 0 Å². The monoisotopic (exact) mass is 329 g/mol. The van der Waals surface area contributed by atoms with E-state index in [4.69, 9.17) is 9.11 Å². The van der Waals surface area contributed by atoms with E-state index in [-0.39, 0.29) is 9.79 Å². The van der Waals surface area contributed by atoms with Crippen molar-refractivity contribution in [1.29, 1.82) is 0 Å². The maximum atomic E-state index is 11.3. The molecule has 0 aliphatic carbocycles. The lowest BCUT2D eigenvalue weighted by Crippen LogP contribution is -2.19. The quantitative estimate of drug-likeness (QED) is 0.701. The van der Waals surface area contributed by atoms with Crippen LogP contribution in [0.4, 0.5) is 0 Å². The molecule has 0 unspecified atom stereocenters. The Balaban J connectivity index is 2.44. The molecule has 0 fully saturated rings. The SMILES string of the molecule is O=S(=O)(O)c1cc2c3c(cc(S(=O)(=O)O)cc3c1)CNC2. The minimum Gasteiger partial charge on any atom is -0.309 e. The van der Waals surface area contributed by atoms with Gasteiger partial charge in [-0.3, -0.25) is 9.11 Å². The Bertz CT molecular complexity index is 888. The molecule has 7 nitrogen and oxygen atoms in total. The second-order valence-electron chi connectivity index (χ2n) is 4.82. The Labute approximate surface area is 121 Å². The second kappa shape index (κ2) is 4.49. The lowest BCUT2D eigenvalue weighted by molar-refractivity contribution is 0.481. The summed E-state index contributed by atoms with van der Waals surface area (Å²) in [6.07, 6.45) is 0. The zero-order valence-corrected chi connectivity index (χ0v) is 12.2. The lowest BCUT2D eigenvalue weighted by Gasteiger charge is -2.20. The molecule has 0 saturated heterocycles. The van der Waals surface area contributed by atoms with E-state index in [1.54, 1.807) is 0 Å².